The Bertz CT molecular complexity index is 974. The van der Waals surface area contributed by atoms with Gasteiger partial charge in [-0.2, -0.15) is 0 Å². The standard InChI is InChI=1S/C34H64N2O11/c1-12-19(3)30(39)20(4)17-34(9,42-11)31(46-28-15-24(36-35)14-21(5)43-28)22(6)25(16-27(38)45-26(37)13-2)44-29-18-33(8,41-10)23(7)32(40)47-29/h19-26,28-29,31-32,36-37,40H,12-18,35H2,1-11H3/t19-,20-,21?,22?,23?,24?,25?,26?,28?,29?,31-,32?,33?,34+/m1/s1. The van der Waals surface area contributed by atoms with Crippen molar-refractivity contribution in [1.29, 1.82) is 0 Å². The number of hydrogen-bond donors (Lipinski definition) is 4. The van der Waals surface area contributed by atoms with Gasteiger partial charge in [0.2, 0.25) is 0 Å². The van der Waals surface area contributed by atoms with Crippen molar-refractivity contribution in [3.63, 3.8) is 0 Å². The van der Waals surface area contributed by atoms with E-state index in [2.05, 4.69) is 5.43 Å². The van der Waals surface area contributed by atoms with E-state index in [-0.39, 0.29) is 54.9 Å². The van der Waals surface area contributed by atoms with Crippen molar-refractivity contribution in [3.05, 3.63) is 0 Å². The average Bonchev–Trinajstić information content (AvgIpc) is 3.03. The lowest BCUT2D eigenvalue weighted by Gasteiger charge is -2.48. The summed E-state index contributed by atoms with van der Waals surface area (Å²) < 4.78 is 42.6. The number of ether oxygens (including phenoxy) is 7. The maximum Gasteiger partial charge on any atom is 0.310 e. The molecule has 47 heavy (non-hydrogen) atoms. The van der Waals surface area contributed by atoms with Gasteiger partial charge in [-0.3, -0.25) is 20.9 Å². The van der Waals surface area contributed by atoms with Crippen LogP contribution in [0, 0.1) is 23.7 Å². The van der Waals surface area contributed by atoms with E-state index in [1.165, 1.54) is 0 Å². The number of carbonyl (C=O) groups excluding carboxylic acids is 2. The van der Waals surface area contributed by atoms with Gasteiger partial charge in [-0.05, 0) is 40.0 Å². The molecule has 0 amide bonds. The highest BCUT2D eigenvalue weighted by atomic mass is 16.7. The minimum absolute atomic E-state index is 0.0530. The fourth-order valence-electron chi connectivity index (χ4n) is 6.71. The number of esters is 1. The molecule has 0 radical (unpaired) electrons. The highest BCUT2D eigenvalue weighted by molar-refractivity contribution is 5.82. The smallest absolute Gasteiger partial charge is 0.310 e. The summed E-state index contributed by atoms with van der Waals surface area (Å²) in [6.07, 6.45) is -3.45. The second-order valence-corrected chi connectivity index (χ2v) is 14.2. The molecule has 2 aliphatic heterocycles. The van der Waals surface area contributed by atoms with Crippen LogP contribution in [0.2, 0.25) is 0 Å². The molecule has 2 rings (SSSR count). The van der Waals surface area contributed by atoms with Crippen LogP contribution in [0.15, 0.2) is 0 Å². The van der Waals surface area contributed by atoms with E-state index in [1.54, 1.807) is 21.1 Å². The molecule has 5 N–H and O–H groups in total. The van der Waals surface area contributed by atoms with Gasteiger partial charge < -0.3 is 43.4 Å². The zero-order valence-corrected chi connectivity index (χ0v) is 30.5. The van der Waals surface area contributed by atoms with Crippen LogP contribution in [0.25, 0.3) is 0 Å². The molecule has 2 aliphatic rings. The van der Waals surface area contributed by atoms with Crippen LogP contribution in [0.4, 0.5) is 0 Å². The van der Waals surface area contributed by atoms with E-state index in [4.69, 9.17) is 39.0 Å². The van der Waals surface area contributed by atoms with Crippen LogP contribution < -0.4 is 11.3 Å². The number of methoxy groups -OCH3 is 2. The van der Waals surface area contributed by atoms with E-state index in [1.807, 2.05) is 55.4 Å². The Labute approximate surface area is 281 Å². The lowest BCUT2D eigenvalue weighted by Crippen LogP contribution is -2.57. The van der Waals surface area contributed by atoms with Crippen LogP contribution in [0.1, 0.15) is 107 Å². The SMILES string of the molecule is CCC(O)OC(=O)CC(OC1CC(C)(OC)C(C)C(O)O1)C(C)[C@@H](OC1CC(NN)CC(C)O1)[C@](C)(C[C@@H](C)C(=O)[C@H](C)CC)OC. The first-order valence-electron chi connectivity index (χ1n) is 17.2. The van der Waals surface area contributed by atoms with Gasteiger partial charge in [-0.1, -0.05) is 41.5 Å². The van der Waals surface area contributed by atoms with Crippen molar-refractivity contribution in [2.24, 2.45) is 29.5 Å². The highest BCUT2D eigenvalue weighted by Crippen LogP contribution is 2.40. The molecule has 0 spiro atoms. The summed E-state index contributed by atoms with van der Waals surface area (Å²) in [4.78, 5) is 26.4. The number of hydrogen-bond acceptors (Lipinski definition) is 13. The van der Waals surface area contributed by atoms with E-state index >= 15 is 0 Å². The number of nitrogens with one attached hydrogen (secondary N) is 1. The maximum atomic E-state index is 13.3. The Morgan fingerprint density at radius 3 is 2.26 bits per heavy atom. The molecule has 0 aromatic heterocycles. The number of rotatable bonds is 19. The number of ketones is 1. The molecule has 0 aromatic carbocycles. The van der Waals surface area contributed by atoms with Gasteiger partial charge in [0.25, 0.3) is 0 Å². The zero-order chi connectivity index (χ0) is 35.7. The van der Waals surface area contributed by atoms with Crippen LogP contribution in [-0.4, -0.2) is 96.9 Å². The van der Waals surface area contributed by atoms with Crippen molar-refractivity contribution in [3.8, 4) is 0 Å². The first-order chi connectivity index (χ1) is 22.0. The third-order valence-electron chi connectivity index (χ3n) is 10.5. The number of Topliss-reactive ketones (excluding diaryl/α,β-unsaturated/α-hetero) is 1. The highest BCUT2D eigenvalue weighted by Gasteiger charge is 2.49. The monoisotopic (exact) mass is 676 g/mol. The van der Waals surface area contributed by atoms with Crippen molar-refractivity contribution in [2.75, 3.05) is 14.2 Å². The zero-order valence-electron chi connectivity index (χ0n) is 30.5. The summed E-state index contributed by atoms with van der Waals surface area (Å²) in [7, 11) is 3.14. The van der Waals surface area contributed by atoms with Crippen LogP contribution >= 0.6 is 0 Å². The molecular formula is C34H64N2O11. The molecule has 276 valence electrons. The first-order valence-corrected chi connectivity index (χ1v) is 17.2. The molecule has 13 heteroatoms. The number of carbonyl (C=O) groups is 2. The summed E-state index contributed by atoms with van der Waals surface area (Å²) in [5.41, 5.74) is 1.02. The summed E-state index contributed by atoms with van der Waals surface area (Å²) in [6, 6.07) is -0.0530. The van der Waals surface area contributed by atoms with Crippen molar-refractivity contribution in [2.45, 2.75) is 168 Å². The second kappa shape index (κ2) is 18.7. The molecule has 2 heterocycles. The van der Waals surface area contributed by atoms with Gasteiger partial charge >= 0.3 is 5.97 Å². The minimum atomic E-state index is -1.27. The predicted octanol–water partition coefficient (Wildman–Crippen LogP) is 3.56. The van der Waals surface area contributed by atoms with Gasteiger partial charge in [0.15, 0.2) is 25.2 Å². The third-order valence-corrected chi connectivity index (χ3v) is 10.5. The Morgan fingerprint density at radius 1 is 1.04 bits per heavy atom. The van der Waals surface area contributed by atoms with E-state index < -0.39 is 60.5 Å². The van der Waals surface area contributed by atoms with E-state index in [9.17, 15) is 19.8 Å². The Hall–Kier alpha value is -1.26. The summed E-state index contributed by atoms with van der Waals surface area (Å²) in [5, 5.41) is 20.8. The summed E-state index contributed by atoms with van der Waals surface area (Å²) in [6.45, 7) is 16.9. The van der Waals surface area contributed by atoms with Crippen LogP contribution in [0.3, 0.4) is 0 Å². The summed E-state index contributed by atoms with van der Waals surface area (Å²) in [5.74, 6) is 3.86. The fourth-order valence-corrected chi connectivity index (χ4v) is 6.71. The predicted molar refractivity (Wildman–Crippen MR) is 174 cm³/mol. The fraction of sp³-hybridized carbons (Fsp3) is 0.941. The van der Waals surface area contributed by atoms with Crippen molar-refractivity contribution >= 4 is 11.8 Å². The largest absolute Gasteiger partial charge is 0.436 e. The normalized spacial score (nSPS) is 33.6. The first kappa shape index (κ1) is 41.9. The topological polar surface area (TPSA) is 177 Å². The van der Waals surface area contributed by atoms with Gasteiger partial charge in [-0.25, -0.2) is 0 Å². The van der Waals surface area contributed by atoms with Gasteiger partial charge in [-0.15, -0.1) is 0 Å². The summed E-state index contributed by atoms with van der Waals surface area (Å²) >= 11 is 0. The van der Waals surface area contributed by atoms with Gasteiger partial charge in [0, 0.05) is 63.2 Å². The van der Waals surface area contributed by atoms with E-state index in [0.717, 1.165) is 6.42 Å². The molecule has 14 atom stereocenters. The molecule has 2 fully saturated rings. The lowest BCUT2D eigenvalue weighted by atomic mass is 9.77. The van der Waals surface area contributed by atoms with Crippen molar-refractivity contribution in [1.82, 2.24) is 5.43 Å². The van der Waals surface area contributed by atoms with E-state index in [0.29, 0.717) is 19.3 Å². The number of nitrogens with two attached hydrogens (primary N) is 1. The lowest BCUT2D eigenvalue weighted by molar-refractivity contribution is -0.331. The molecule has 0 saturated carbocycles. The molecule has 0 bridgehead atoms. The van der Waals surface area contributed by atoms with Gasteiger partial charge in [0.1, 0.15) is 5.78 Å². The maximum absolute atomic E-state index is 13.3. The Balaban J connectivity index is 2.55. The van der Waals surface area contributed by atoms with Crippen LogP contribution in [-0.2, 0) is 42.7 Å². The molecule has 10 unspecified atom stereocenters. The quantitative estimate of drug-likeness (QED) is 0.0677. The third kappa shape index (κ3) is 11.4. The molecule has 2 saturated heterocycles. The second-order valence-electron chi connectivity index (χ2n) is 14.2. The number of aliphatic hydroxyl groups is 2. The molecule has 0 aromatic rings. The molecule has 13 nitrogen and oxygen atoms in total. The molecule has 0 aliphatic carbocycles. The average molecular weight is 677 g/mol. The Morgan fingerprint density at radius 2 is 1.70 bits per heavy atom. The van der Waals surface area contributed by atoms with Gasteiger partial charge in [0.05, 0.1) is 35.9 Å². The Kier molecular flexibility index (Phi) is 16.6. The molecular weight excluding hydrogens is 612 g/mol. The minimum Gasteiger partial charge on any atom is -0.436 e. The number of hydrazine groups is 1. The van der Waals surface area contributed by atoms with Crippen molar-refractivity contribution < 1.29 is 53.0 Å². The number of aliphatic hydroxyl groups excluding tert-OH is 2. The van der Waals surface area contributed by atoms with Crippen LogP contribution in [0.5, 0.6) is 0 Å².